The molecule has 1 heterocycles. The Hall–Kier alpha value is -2.04. The standard InChI is InChI=1S/C24H42N4O5S/c1-7-16(4)21(27-20(30)11-9-8-10-12-25-5)23(31)28(6)18(15(2)3)13-19(29)22-26-17(14-34-22)24(32)33/h14-16,18-19,21,25,29H,7-13H2,1-6H3,(H,27,30)(H,32,33)/t16-,18+,19+,21-/m0/s1. The first-order valence-corrected chi connectivity index (χ1v) is 13.0. The number of likely N-dealkylation sites (N-methyl/N-ethyl adjacent to an activating group) is 1. The SMILES string of the molecule is CC[C@H](C)[C@H](NC(=O)CCCCCNC)C(=O)N(C)[C@H](C[C@@H](O)c1nc(C(=O)O)cs1)C(C)C. The zero-order valence-electron chi connectivity index (χ0n) is 21.3. The molecule has 4 N–H and O–H groups in total. The van der Waals surface area contributed by atoms with Gasteiger partial charge in [-0.2, -0.15) is 0 Å². The van der Waals surface area contributed by atoms with Crippen molar-refractivity contribution in [3.63, 3.8) is 0 Å². The van der Waals surface area contributed by atoms with Gasteiger partial charge in [0.05, 0.1) is 0 Å². The van der Waals surface area contributed by atoms with E-state index in [1.54, 1.807) is 11.9 Å². The summed E-state index contributed by atoms with van der Waals surface area (Å²) in [7, 11) is 3.60. The van der Waals surface area contributed by atoms with Gasteiger partial charge in [-0.3, -0.25) is 9.59 Å². The van der Waals surface area contributed by atoms with Crippen LogP contribution in [0.2, 0.25) is 0 Å². The van der Waals surface area contributed by atoms with E-state index in [4.69, 9.17) is 5.11 Å². The monoisotopic (exact) mass is 498 g/mol. The fraction of sp³-hybridized carbons (Fsp3) is 0.750. The largest absolute Gasteiger partial charge is 0.476 e. The van der Waals surface area contributed by atoms with Gasteiger partial charge in [0.25, 0.3) is 0 Å². The minimum Gasteiger partial charge on any atom is -0.476 e. The molecular weight excluding hydrogens is 456 g/mol. The molecule has 0 radical (unpaired) electrons. The van der Waals surface area contributed by atoms with E-state index in [1.165, 1.54) is 5.38 Å². The van der Waals surface area contributed by atoms with E-state index in [0.29, 0.717) is 11.4 Å². The molecule has 0 saturated heterocycles. The smallest absolute Gasteiger partial charge is 0.355 e. The van der Waals surface area contributed by atoms with E-state index >= 15 is 0 Å². The summed E-state index contributed by atoms with van der Waals surface area (Å²) in [6.07, 6.45) is 3.08. The van der Waals surface area contributed by atoms with Crippen molar-refractivity contribution in [2.75, 3.05) is 20.6 Å². The van der Waals surface area contributed by atoms with Crippen LogP contribution < -0.4 is 10.6 Å². The molecule has 0 bridgehead atoms. The summed E-state index contributed by atoms with van der Waals surface area (Å²) >= 11 is 1.09. The average Bonchev–Trinajstić information content (AvgIpc) is 3.30. The third kappa shape index (κ3) is 9.31. The molecule has 1 rings (SSSR count). The molecule has 10 heteroatoms. The first kappa shape index (κ1) is 30.0. The zero-order valence-corrected chi connectivity index (χ0v) is 22.2. The third-order valence-electron chi connectivity index (χ3n) is 6.23. The molecule has 34 heavy (non-hydrogen) atoms. The van der Waals surface area contributed by atoms with Crippen LogP contribution >= 0.6 is 11.3 Å². The van der Waals surface area contributed by atoms with Gasteiger partial charge in [0.2, 0.25) is 11.8 Å². The molecule has 0 aliphatic carbocycles. The lowest BCUT2D eigenvalue weighted by atomic mass is 9.93. The average molecular weight is 499 g/mol. The molecule has 0 fully saturated rings. The number of carbonyl (C=O) groups excluding carboxylic acids is 2. The van der Waals surface area contributed by atoms with E-state index in [-0.39, 0.29) is 41.8 Å². The van der Waals surface area contributed by atoms with E-state index < -0.39 is 18.1 Å². The maximum atomic E-state index is 13.5. The van der Waals surface area contributed by atoms with Crippen LogP contribution in [0.1, 0.15) is 87.8 Å². The van der Waals surface area contributed by atoms with Crippen LogP contribution in [0.5, 0.6) is 0 Å². The normalized spacial score (nSPS) is 14.9. The van der Waals surface area contributed by atoms with Crippen molar-refractivity contribution in [1.82, 2.24) is 20.5 Å². The van der Waals surface area contributed by atoms with Gasteiger partial charge in [0.15, 0.2) is 5.69 Å². The summed E-state index contributed by atoms with van der Waals surface area (Å²) in [6.45, 7) is 8.79. The van der Waals surface area contributed by atoms with Crippen LogP contribution in [0.4, 0.5) is 0 Å². The van der Waals surface area contributed by atoms with Crippen LogP contribution in [0.25, 0.3) is 0 Å². The summed E-state index contributed by atoms with van der Waals surface area (Å²) in [4.78, 5) is 42.8. The predicted molar refractivity (Wildman–Crippen MR) is 134 cm³/mol. The first-order valence-electron chi connectivity index (χ1n) is 12.1. The van der Waals surface area contributed by atoms with Gasteiger partial charge in [0.1, 0.15) is 17.2 Å². The molecule has 0 aromatic carbocycles. The number of rotatable bonds is 16. The van der Waals surface area contributed by atoms with Crippen LogP contribution in [0.15, 0.2) is 5.38 Å². The fourth-order valence-corrected chi connectivity index (χ4v) is 4.61. The fourth-order valence-electron chi connectivity index (χ4n) is 3.82. The van der Waals surface area contributed by atoms with Gasteiger partial charge in [0, 0.05) is 31.3 Å². The number of hydrogen-bond acceptors (Lipinski definition) is 7. The minimum atomic E-state index is -1.14. The first-order chi connectivity index (χ1) is 16.0. The lowest BCUT2D eigenvalue weighted by molar-refractivity contribution is -0.140. The number of aromatic nitrogens is 1. The van der Waals surface area contributed by atoms with Crippen LogP contribution in [-0.2, 0) is 9.59 Å². The molecule has 194 valence electrons. The number of amides is 2. The Bertz CT molecular complexity index is 785. The van der Waals surface area contributed by atoms with Gasteiger partial charge in [-0.15, -0.1) is 11.3 Å². The molecule has 0 saturated carbocycles. The number of aromatic carboxylic acids is 1. The summed E-state index contributed by atoms with van der Waals surface area (Å²) < 4.78 is 0. The molecule has 1 aromatic rings. The number of carboxylic acid groups (broad SMARTS) is 1. The molecule has 2 amide bonds. The van der Waals surface area contributed by atoms with Gasteiger partial charge in [-0.25, -0.2) is 9.78 Å². The molecule has 4 atom stereocenters. The van der Waals surface area contributed by atoms with Crippen molar-refractivity contribution < 1.29 is 24.6 Å². The maximum absolute atomic E-state index is 13.5. The number of carbonyl (C=O) groups is 3. The van der Waals surface area contributed by atoms with Crippen molar-refractivity contribution in [2.45, 2.75) is 84.4 Å². The van der Waals surface area contributed by atoms with Crippen molar-refractivity contribution in [3.8, 4) is 0 Å². The molecule has 0 aliphatic heterocycles. The number of thiazole rings is 1. The number of nitrogens with zero attached hydrogens (tertiary/aromatic N) is 2. The summed E-state index contributed by atoms with van der Waals surface area (Å²) in [5.41, 5.74) is -0.102. The molecule has 0 spiro atoms. The number of aliphatic hydroxyl groups excluding tert-OH is 1. The number of unbranched alkanes of at least 4 members (excludes halogenated alkanes) is 2. The summed E-state index contributed by atoms with van der Waals surface area (Å²) in [5.74, 6) is -1.46. The summed E-state index contributed by atoms with van der Waals surface area (Å²) in [6, 6.07) is -0.957. The van der Waals surface area contributed by atoms with Crippen LogP contribution in [0.3, 0.4) is 0 Å². The predicted octanol–water partition coefficient (Wildman–Crippen LogP) is 3.06. The second-order valence-electron chi connectivity index (χ2n) is 9.23. The number of aliphatic hydroxyl groups is 1. The molecule has 0 unspecified atom stereocenters. The van der Waals surface area contributed by atoms with E-state index in [1.807, 2.05) is 34.7 Å². The van der Waals surface area contributed by atoms with Gasteiger partial charge in [-0.05, 0) is 38.3 Å². The second-order valence-corrected chi connectivity index (χ2v) is 10.1. The Morgan fingerprint density at radius 1 is 1.18 bits per heavy atom. The number of hydrogen-bond donors (Lipinski definition) is 4. The lowest BCUT2D eigenvalue weighted by Crippen LogP contribution is -2.54. The Kier molecular flexibility index (Phi) is 13.3. The van der Waals surface area contributed by atoms with Crippen LogP contribution in [0, 0.1) is 11.8 Å². The molecule has 1 aromatic heterocycles. The highest BCUT2D eigenvalue weighted by atomic mass is 32.1. The molecule has 0 aliphatic rings. The quantitative estimate of drug-likeness (QED) is 0.258. The number of nitrogens with one attached hydrogen (secondary N) is 2. The third-order valence-corrected chi connectivity index (χ3v) is 7.18. The molecular formula is C24H42N4O5S. The van der Waals surface area contributed by atoms with Crippen molar-refractivity contribution in [3.05, 3.63) is 16.1 Å². The highest BCUT2D eigenvalue weighted by molar-refractivity contribution is 7.09. The van der Waals surface area contributed by atoms with E-state index in [0.717, 1.165) is 43.6 Å². The van der Waals surface area contributed by atoms with E-state index in [9.17, 15) is 19.5 Å². The van der Waals surface area contributed by atoms with Crippen molar-refractivity contribution >= 4 is 29.1 Å². The van der Waals surface area contributed by atoms with E-state index in [2.05, 4.69) is 15.6 Å². The summed E-state index contributed by atoms with van der Waals surface area (Å²) in [5, 5.41) is 27.5. The second kappa shape index (κ2) is 15.1. The van der Waals surface area contributed by atoms with Gasteiger partial charge >= 0.3 is 5.97 Å². The Balaban J connectivity index is 2.88. The topological polar surface area (TPSA) is 132 Å². The van der Waals surface area contributed by atoms with Gasteiger partial charge < -0.3 is 25.7 Å². The Morgan fingerprint density at radius 2 is 1.85 bits per heavy atom. The minimum absolute atomic E-state index is 0.0305. The maximum Gasteiger partial charge on any atom is 0.355 e. The zero-order chi connectivity index (χ0) is 25.8. The molecule has 9 nitrogen and oxygen atoms in total. The number of carboxylic acids is 1. The van der Waals surface area contributed by atoms with Crippen LogP contribution in [-0.4, -0.2) is 70.6 Å². The highest BCUT2D eigenvalue weighted by Gasteiger charge is 2.34. The Morgan fingerprint density at radius 3 is 2.38 bits per heavy atom. The van der Waals surface area contributed by atoms with Crippen molar-refractivity contribution in [1.29, 1.82) is 0 Å². The lowest BCUT2D eigenvalue weighted by Gasteiger charge is -2.36. The highest BCUT2D eigenvalue weighted by Crippen LogP contribution is 2.27. The Labute approximate surface area is 207 Å². The van der Waals surface area contributed by atoms with Gasteiger partial charge in [-0.1, -0.05) is 40.5 Å². The van der Waals surface area contributed by atoms with Crippen molar-refractivity contribution in [2.24, 2.45) is 11.8 Å².